The van der Waals surface area contributed by atoms with Crippen LogP contribution < -0.4 is 5.32 Å². The maximum atomic E-state index is 12.2. The number of benzene rings is 1. The molecule has 1 amide bonds. The lowest BCUT2D eigenvalue weighted by Gasteiger charge is -2.12. The number of nitro benzene ring substituents is 1. The van der Waals surface area contributed by atoms with Crippen molar-refractivity contribution in [1.29, 1.82) is 0 Å². The first-order chi connectivity index (χ1) is 9.90. The van der Waals surface area contributed by atoms with Crippen molar-refractivity contribution in [3.05, 3.63) is 46.1 Å². The molecule has 8 heteroatoms. The van der Waals surface area contributed by atoms with Crippen LogP contribution in [0.4, 0.5) is 11.5 Å². The van der Waals surface area contributed by atoms with Crippen LogP contribution in [-0.2, 0) is 0 Å². The van der Waals surface area contributed by atoms with E-state index in [0.29, 0.717) is 5.82 Å². The van der Waals surface area contributed by atoms with Gasteiger partial charge >= 0.3 is 0 Å². The molecule has 0 spiro atoms. The van der Waals surface area contributed by atoms with E-state index < -0.39 is 10.8 Å². The maximum Gasteiger partial charge on any atom is 0.282 e. The fourth-order valence-corrected chi connectivity index (χ4v) is 1.87. The minimum atomic E-state index is -0.681. The Bertz CT molecular complexity index is 693. The molecule has 0 aliphatic heterocycles. The zero-order valence-corrected chi connectivity index (χ0v) is 11.5. The lowest BCUT2D eigenvalue weighted by atomic mass is 10.1. The predicted octanol–water partition coefficient (Wildman–Crippen LogP) is 2.33. The highest BCUT2D eigenvalue weighted by atomic mass is 16.6. The summed E-state index contributed by atoms with van der Waals surface area (Å²) in [5, 5.41) is 27.0. The van der Waals surface area contributed by atoms with E-state index in [-0.39, 0.29) is 23.0 Å². The molecule has 0 aliphatic carbocycles. The van der Waals surface area contributed by atoms with E-state index in [0.717, 1.165) is 18.2 Å². The number of nitrogens with one attached hydrogen (secondary N) is 1. The van der Waals surface area contributed by atoms with Crippen LogP contribution in [0.2, 0.25) is 0 Å². The van der Waals surface area contributed by atoms with Gasteiger partial charge in [0.1, 0.15) is 17.1 Å². The summed E-state index contributed by atoms with van der Waals surface area (Å²) < 4.78 is 1.58. The number of nitro groups is 1. The number of anilines is 1. The number of hydrogen-bond donors (Lipinski definition) is 2. The van der Waals surface area contributed by atoms with Crippen LogP contribution in [0, 0.1) is 10.1 Å². The second-order valence-corrected chi connectivity index (χ2v) is 4.67. The predicted molar refractivity (Wildman–Crippen MR) is 75.3 cm³/mol. The van der Waals surface area contributed by atoms with Crippen LogP contribution in [0.15, 0.2) is 30.5 Å². The number of rotatable bonds is 4. The molecule has 2 rings (SSSR count). The molecule has 2 N–H and O–H groups in total. The molecule has 0 bridgehead atoms. The molecule has 1 aromatic heterocycles. The standard InChI is InChI=1S/C13H14N4O4/c1-8(2)16-12(5-6-14-16)15-13(19)10-7-9(18)3-4-11(10)17(20)21/h3-8,18H,1-2H3,(H,15,19). The van der Waals surface area contributed by atoms with Gasteiger partial charge in [-0.1, -0.05) is 0 Å². The summed E-state index contributed by atoms with van der Waals surface area (Å²) >= 11 is 0. The number of carbonyl (C=O) groups is 1. The lowest BCUT2D eigenvalue weighted by Crippen LogP contribution is -2.17. The van der Waals surface area contributed by atoms with Crippen molar-refractivity contribution < 1.29 is 14.8 Å². The molecule has 21 heavy (non-hydrogen) atoms. The Kier molecular flexibility index (Phi) is 3.88. The van der Waals surface area contributed by atoms with Crippen molar-refractivity contribution >= 4 is 17.4 Å². The van der Waals surface area contributed by atoms with Crippen LogP contribution in [0.3, 0.4) is 0 Å². The third-order valence-electron chi connectivity index (χ3n) is 2.82. The van der Waals surface area contributed by atoms with E-state index in [4.69, 9.17) is 0 Å². The summed E-state index contributed by atoms with van der Waals surface area (Å²) in [5.41, 5.74) is -0.586. The number of aromatic hydroxyl groups is 1. The summed E-state index contributed by atoms with van der Waals surface area (Å²) in [6, 6.07) is 4.92. The molecule has 0 saturated heterocycles. The molecular formula is C13H14N4O4. The monoisotopic (exact) mass is 290 g/mol. The molecule has 0 unspecified atom stereocenters. The Morgan fingerprint density at radius 3 is 2.76 bits per heavy atom. The Morgan fingerprint density at radius 2 is 2.14 bits per heavy atom. The largest absolute Gasteiger partial charge is 0.508 e. The second kappa shape index (κ2) is 5.61. The molecule has 110 valence electrons. The first-order valence-electron chi connectivity index (χ1n) is 6.22. The van der Waals surface area contributed by atoms with Crippen molar-refractivity contribution in [2.45, 2.75) is 19.9 Å². The van der Waals surface area contributed by atoms with E-state index in [2.05, 4.69) is 10.4 Å². The maximum absolute atomic E-state index is 12.2. The fraction of sp³-hybridized carbons (Fsp3) is 0.231. The first-order valence-corrected chi connectivity index (χ1v) is 6.22. The van der Waals surface area contributed by atoms with Crippen LogP contribution in [0.1, 0.15) is 30.2 Å². The van der Waals surface area contributed by atoms with Crippen molar-refractivity contribution in [1.82, 2.24) is 9.78 Å². The van der Waals surface area contributed by atoms with Gasteiger partial charge < -0.3 is 10.4 Å². The molecule has 0 aliphatic rings. The summed E-state index contributed by atoms with van der Waals surface area (Å²) in [5.74, 6) is -0.476. The highest BCUT2D eigenvalue weighted by molar-refractivity contribution is 6.06. The van der Waals surface area contributed by atoms with Crippen molar-refractivity contribution in [3.63, 3.8) is 0 Å². The highest BCUT2D eigenvalue weighted by Gasteiger charge is 2.22. The average molecular weight is 290 g/mol. The van der Waals surface area contributed by atoms with Crippen LogP contribution >= 0.6 is 0 Å². The molecule has 0 fully saturated rings. The molecule has 2 aromatic rings. The van der Waals surface area contributed by atoms with Crippen molar-refractivity contribution in [2.75, 3.05) is 5.32 Å². The molecular weight excluding hydrogens is 276 g/mol. The second-order valence-electron chi connectivity index (χ2n) is 4.67. The number of aromatic nitrogens is 2. The van der Waals surface area contributed by atoms with Crippen LogP contribution in [-0.4, -0.2) is 25.7 Å². The molecule has 0 saturated carbocycles. The SMILES string of the molecule is CC(C)n1nccc1NC(=O)c1cc(O)ccc1[N+](=O)[O-]. The highest BCUT2D eigenvalue weighted by Crippen LogP contribution is 2.24. The van der Waals surface area contributed by atoms with Gasteiger partial charge in [-0.05, 0) is 26.0 Å². The molecule has 0 atom stereocenters. The smallest absolute Gasteiger partial charge is 0.282 e. The first kappa shape index (κ1) is 14.5. The van der Waals surface area contributed by atoms with Gasteiger partial charge in [-0.2, -0.15) is 5.10 Å². The zero-order valence-electron chi connectivity index (χ0n) is 11.5. The van der Waals surface area contributed by atoms with Crippen LogP contribution in [0.25, 0.3) is 0 Å². The number of hydrogen-bond acceptors (Lipinski definition) is 5. The number of nitrogens with zero attached hydrogens (tertiary/aromatic N) is 3. The molecule has 1 aromatic carbocycles. The average Bonchev–Trinajstić information content (AvgIpc) is 2.86. The van der Waals surface area contributed by atoms with Gasteiger partial charge in [0.15, 0.2) is 0 Å². The van der Waals surface area contributed by atoms with Gasteiger partial charge in [0.05, 0.1) is 11.1 Å². The van der Waals surface area contributed by atoms with E-state index in [1.54, 1.807) is 10.7 Å². The molecule has 1 heterocycles. The third-order valence-corrected chi connectivity index (χ3v) is 2.82. The summed E-state index contributed by atoms with van der Waals surface area (Å²) in [7, 11) is 0. The van der Waals surface area contributed by atoms with Gasteiger partial charge in [-0.3, -0.25) is 14.9 Å². The summed E-state index contributed by atoms with van der Waals surface area (Å²) in [6.45, 7) is 3.78. The number of phenolic OH excluding ortho intramolecular Hbond substituents is 1. The van der Waals surface area contributed by atoms with Gasteiger partial charge in [0.25, 0.3) is 11.6 Å². The lowest BCUT2D eigenvalue weighted by molar-refractivity contribution is -0.385. The van der Waals surface area contributed by atoms with Gasteiger partial charge in [-0.25, -0.2) is 4.68 Å². The minimum absolute atomic E-state index is 0.0226. The minimum Gasteiger partial charge on any atom is -0.508 e. The van der Waals surface area contributed by atoms with E-state index in [9.17, 15) is 20.0 Å². The Labute approximate surface area is 120 Å². The van der Waals surface area contributed by atoms with E-state index >= 15 is 0 Å². The topological polar surface area (TPSA) is 110 Å². The van der Waals surface area contributed by atoms with Gasteiger partial charge in [-0.15, -0.1) is 0 Å². The Balaban J connectivity index is 2.34. The van der Waals surface area contributed by atoms with Crippen LogP contribution in [0.5, 0.6) is 5.75 Å². The summed E-state index contributed by atoms with van der Waals surface area (Å²) in [4.78, 5) is 22.5. The Morgan fingerprint density at radius 1 is 1.43 bits per heavy atom. The quantitative estimate of drug-likeness (QED) is 0.663. The zero-order chi connectivity index (χ0) is 15.6. The fourth-order valence-electron chi connectivity index (χ4n) is 1.87. The van der Waals surface area contributed by atoms with E-state index in [1.165, 1.54) is 6.20 Å². The molecule has 0 radical (unpaired) electrons. The van der Waals surface area contributed by atoms with Gasteiger partial charge in [0.2, 0.25) is 0 Å². The van der Waals surface area contributed by atoms with Crippen molar-refractivity contribution in [3.8, 4) is 5.75 Å². The third kappa shape index (κ3) is 2.99. The molecule has 8 nitrogen and oxygen atoms in total. The summed E-state index contributed by atoms with van der Waals surface area (Å²) in [6.07, 6.45) is 1.52. The Hall–Kier alpha value is -2.90. The number of phenols is 1. The van der Waals surface area contributed by atoms with Gasteiger partial charge in [0, 0.05) is 18.2 Å². The number of amides is 1. The number of carbonyl (C=O) groups excluding carboxylic acids is 1. The van der Waals surface area contributed by atoms with Crippen molar-refractivity contribution in [2.24, 2.45) is 0 Å². The van der Waals surface area contributed by atoms with E-state index in [1.807, 2.05) is 13.8 Å². The normalized spacial score (nSPS) is 10.6.